The predicted molar refractivity (Wildman–Crippen MR) is 105 cm³/mol. The second kappa shape index (κ2) is 8.29. The fourth-order valence-electron chi connectivity index (χ4n) is 4.90. The molecule has 150 valence electrons. The van der Waals surface area contributed by atoms with Gasteiger partial charge in [0.2, 0.25) is 0 Å². The van der Waals surface area contributed by atoms with Crippen molar-refractivity contribution in [3.8, 4) is 0 Å². The lowest BCUT2D eigenvalue weighted by Gasteiger charge is -2.50. The van der Waals surface area contributed by atoms with Crippen LogP contribution in [0.2, 0.25) is 0 Å². The van der Waals surface area contributed by atoms with Gasteiger partial charge in [0.25, 0.3) is 0 Å². The molecule has 1 fully saturated rings. The summed E-state index contributed by atoms with van der Waals surface area (Å²) in [6, 6.07) is 9.40. The van der Waals surface area contributed by atoms with E-state index in [-0.39, 0.29) is 25.4 Å². The normalized spacial score (nSPS) is 26.1. The monoisotopic (exact) mass is 384 g/mol. The zero-order chi connectivity index (χ0) is 20.2. The average Bonchev–Trinajstić information content (AvgIpc) is 2.71. The molecule has 5 heteroatoms. The molecule has 0 amide bonds. The van der Waals surface area contributed by atoms with E-state index in [9.17, 15) is 14.4 Å². The van der Waals surface area contributed by atoms with Crippen molar-refractivity contribution < 1.29 is 23.9 Å². The Hall–Kier alpha value is -2.43. The summed E-state index contributed by atoms with van der Waals surface area (Å²) in [5.41, 5.74) is -1.66. The minimum atomic E-state index is -1.56. The fourth-order valence-corrected chi connectivity index (χ4v) is 4.90. The third-order valence-electron chi connectivity index (χ3n) is 6.04. The van der Waals surface area contributed by atoms with Crippen molar-refractivity contribution in [1.82, 2.24) is 0 Å². The Morgan fingerprint density at radius 1 is 1.04 bits per heavy atom. The Bertz CT molecular complexity index is 748. The Kier molecular flexibility index (Phi) is 6.01. The zero-order valence-electron chi connectivity index (χ0n) is 16.6. The molecule has 1 aromatic rings. The number of hydrogen-bond acceptors (Lipinski definition) is 5. The molecule has 5 nitrogen and oxygen atoms in total. The molecule has 1 aromatic carbocycles. The van der Waals surface area contributed by atoms with Crippen LogP contribution in [0.25, 0.3) is 0 Å². The summed E-state index contributed by atoms with van der Waals surface area (Å²) in [6.45, 7) is 3.75. The van der Waals surface area contributed by atoms with Gasteiger partial charge in [0.1, 0.15) is 5.78 Å². The van der Waals surface area contributed by atoms with Gasteiger partial charge in [-0.05, 0) is 38.7 Å². The predicted octanol–water partition coefficient (Wildman–Crippen LogP) is 3.97. The molecule has 2 aliphatic carbocycles. The van der Waals surface area contributed by atoms with Gasteiger partial charge in [0.05, 0.1) is 18.6 Å². The van der Waals surface area contributed by atoms with E-state index in [1.165, 1.54) is 0 Å². The first-order valence-electron chi connectivity index (χ1n) is 10.1. The van der Waals surface area contributed by atoms with Crippen LogP contribution in [0.3, 0.4) is 0 Å². The third-order valence-corrected chi connectivity index (χ3v) is 6.04. The molecule has 3 rings (SSSR count). The lowest BCUT2D eigenvalue weighted by molar-refractivity contribution is -0.178. The lowest BCUT2D eigenvalue weighted by Crippen LogP contribution is -2.56. The average molecular weight is 384 g/mol. The van der Waals surface area contributed by atoms with Crippen LogP contribution in [0, 0.1) is 10.8 Å². The van der Waals surface area contributed by atoms with Crippen LogP contribution in [0.5, 0.6) is 0 Å². The lowest BCUT2D eigenvalue weighted by atomic mass is 9.51. The van der Waals surface area contributed by atoms with Crippen molar-refractivity contribution >= 4 is 17.7 Å². The van der Waals surface area contributed by atoms with E-state index < -0.39 is 28.7 Å². The molecule has 2 aliphatic rings. The molecule has 2 atom stereocenters. The van der Waals surface area contributed by atoms with Crippen molar-refractivity contribution in [2.75, 3.05) is 13.2 Å². The van der Waals surface area contributed by atoms with Gasteiger partial charge < -0.3 is 9.47 Å². The molecule has 0 N–H and O–H groups in total. The van der Waals surface area contributed by atoms with E-state index in [1.54, 1.807) is 19.9 Å². The first kappa shape index (κ1) is 20.3. The van der Waals surface area contributed by atoms with Crippen molar-refractivity contribution in [2.45, 2.75) is 51.9 Å². The molecule has 1 saturated carbocycles. The van der Waals surface area contributed by atoms with Gasteiger partial charge >= 0.3 is 11.9 Å². The second-order valence-corrected chi connectivity index (χ2v) is 7.53. The van der Waals surface area contributed by atoms with Gasteiger partial charge in [-0.15, -0.1) is 0 Å². The largest absolute Gasteiger partial charge is 0.465 e. The maximum absolute atomic E-state index is 13.3. The molecular formula is C23H28O5. The van der Waals surface area contributed by atoms with E-state index in [4.69, 9.17) is 9.47 Å². The van der Waals surface area contributed by atoms with Gasteiger partial charge in [-0.25, -0.2) is 0 Å². The van der Waals surface area contributed by atoms with E-state index in [0.29, 0.717) is 12.8 Å². The highest BCUT2D eigenvalue weighted by atomic mass is 16.6. The van der Waals surface area contributed by atoms with Crippen LogP contribution in [0.4, 0.5) is 0 Å². The number of ketones is 1. The molecule has 1 spiro atoms. The summed E-state index contributed by atoms with van der Waals surface area (Å²) in [4.78, 5) is 39.8. The number of carbonyl (C=O) groups excluding carboxylic acids is 3. The Balaban J connectivity index is 2.26. The van der Waals surface area contributed by atoms with Crippen LogP contribution in [0.15, 0.2) is 42.5 Å². The van der Waals surface area contributed by atoms with E-state index >= 15 is 0 Å². The van der Waals surface area contributed by atoms with Gasteiger partial charge in [0, 0.05) is 12.3 Å². The summed E-state index contributed by atoms with van der Waals surface area (Å²) in [6.07, 6.45) is 6.68. The summed E-state index contributed by atoms with van der Waals surface area (Å²) in [7, 11) is 0. The summed E-state index contributed by atoms with van der Waals surface area (Å²) < 4.78 is 10.8. The van der Waals surface area contributed by atoms with Crippen LogP contribution in [-0.4, -0.2) is 30.9 Å². The minimum Gasteiger partial charge on any atom is -0.465 e. The second-order valence-electron chi connectivity index (χ2n) is 7.53. The summed E-state index contributed by atoms with van der Waals surface area (Å²) in [5.74, 6) is -1.77. The number of Topliss-reactive ketones (excluding diaryl/α,β-unsaturated/α-hetero) is 1. The number of carbonyl (C=O) groups is 3. The number of rotatable bonds is 5. The number of benzene rings is 1. The number of hydrogen-bond donors (Lipinski definition) is 0. The van der Waals surface area contributed by atoms with E-state index in [1.807, 2.05) is 36.4 Å². The Labute approximate surface area is 166 Å². The van der Waals surface area contributed by atoms with E-state index in [0.717, 1.165) is 18.4 Å². The molecule has 0 heterocycles. The molecule has 0 radical (unpaired) electrons. The Morgan fingerprint density at radius 3 is 2.25 bits per heavy atom. The van der Waals surface area contributed by atoms with Gasteiger partial charge in [-0.1, -0.05) is 48.9 Å². The molecular weight excluding hydrogens is 356 g/mol. The standard InChI is InChI=1S/C23H28O5/c1-3-27-20(25)23(21(26)28-4-2)16-10-15-22(14-9-8-13-18(22)24)19(23)17-11-6-5-7-12-17/h5-7,10-12,15,19H,3-4,8-9,13-14,16H2,1-2H3. The summed E-state index contributed by atoms with van der Waals surface area (Å²) >= 11 is 0. The molecule has 0 bridgehead atoms. The highest BCUT2D eigenvalue weighted by Gasteiger charge is 2.64. The highest BCUT2D eigenvalue weighted by molar-refractivity contribution is 6.04. The minimum absolute atomic E-state index is 0.0847. The van der Waals surface area contributed by atoms with Gasteiger partial charge in [0.15, 0.2) is 5.41 Å². The maximum atomic E-state index is 13.3. The van der Waals surface area contributed by atoms with Crippen LogP contribution >= 0.6 is 0 Å². The zero-order valence-corrected chi connectivity index (χ0v) is 16.6. The number of ether oxygens (including phenoxy) is 2. The van der Waals surface area contributed by atoms with Crippen LogP contribution in [0.1, 0.15) is 57.4 Å². The van der Waals surface area contributed by atoms with Crippen molar-refractivity contribution in [3.05, 3.63) is 48.0 Å². The molecule has 0 aromatic heterocycles. The first-order chi connectivity index (χ1) is 13.5. The van der Waals surface area contributed by atoms with Crippen LogP contribution < -0.4 is 0 Å². The quantitative estimate of drug-likeness (QED) is 0.436. The van der Waals surface area contributed by atoms with Crippen molar-refractivity contribution in [3.63, 3.8) is 0 Å². The number of allylic oxidation sites excluding steroid dienone is 2. The third kappa shape index (κ3) is 3.17. The SMILES string of the molecule is CCOC(=O)C1(C(=O)OCC)CC=CC2(CCCCC2=O)C1c1ccccc1. The molecule has 2 unspecified atom stereocenters. The maximum Gasteiger partial charge on any atom is 0.324 e. The van der Waals surface area contributed by atoms with Crippen molar-refractivity contribution in [1.29, 1.82) is 0 Å². The van der Waals surface area contributed by atoms with E-state index in [2.05, 4.69) is 0 Å². The highest BCUT2D eigenvalue weighted by Crippen LogP contribution is 2.59. The van der Waals surface area contributed by atoms with Crippen molar-refractivity contribution in [2.24, 2.45) is 10.8 Å². The topological polar surface area (TPSA) is 69.7 Å². The van der Waals surface area contributed by atoms with Crippen LogP contribution in [-0.2, 0) is 23.9 Å². The first-order valence-corrected chi connectivity index (χ1v) is 10.1. The number of esters is 2. The Morgan fingerprint density at radius 2 is 1.68 bits per heavy atom. The van der Waals surface area contributed by atoms with Gasteiger partial charge in [-0.3, -0.25) is 14.4 Å². The smallest absolute Gasteiger partial charge is 0.324 e. The summed E-state index contributed by atoms with van der Waals surface area (Å²) in [5, 5.41) is 0. The molecule has 0 saturated heterocycles. The fraction of sp³-hybridized carbons (Fsp3) is 0.522. The molecule has 0 aliphatic heterocycles. The molecule has 28 heavy (non-hydrogen) atoms. The van der Waals surface area contributed by atoms with Gasteiger partial charge in [-0.2, -0.15) is 0 Å².